The highest BCUT2D eigenvalue weighted by Gasteiger charge is 2.23. The molecule has 0 amide bonds. The number of furan rings is 1. The minimum absolute atomic E-state index is 0.0467. The number of rotatable bonds is 3. The molecule has 1 N–H and O–H groups in total. The highest BCUT2D eigenvalue weighted by atomic mass is 35.5. The van der Waals surface area contributed by atoms with Crippen molar-refractivity contribution in [1.29, 1.82) is 0 Å². The number of hydrogen-bond donors (Lipinski definition) is 1. The van der Waals surface area contributed by atoms with Crippen LogP contribution in [0.1, 0.15) is 24.7 Å². The first-order valence-corrected chi connectivity index (χ1v) is 10.6. The van der Waals surface area contributed by atoms with Crippen LogP contribution < -0.4 is 4.72 Å². The van der Waals surface area contributed by atoms with E-state index in [4.69, 9.17) is 27.6 Å². The van der Waals surface area contributed by atoms with E-state index in [-0.39, 0.29) is 9.92 Å². The van der Waals surface area contributed by atoms with Gasteiger partial charge < -0.3 is 4.42 Å². The highest BCUT2D eigenvalue weighted by molar-refractivity contribution is 7.92. The summed E-state index contributed by atoms with van der Waals surface area (Å²) in [5.74, 6) is 1.60. The van der Waals surface area contributed by atoms with Crippen molar-refractivity contribution >= 4 is 49.9 Å². The van der Waals surface area contributed by atoms with Gasteiger partial charge in [-0.3, -0.25) is 4.72 Å². The zero-order valence-electron chi connectivity index (χ0n) is 14.1. The monoisotopic (exact) mass is 409 g/mol. The molecule has 7 heteroatoms. The van der Waals surface area contributed by atoms with Crippen molar-refractivity contribution in [2.75, 3.05) is 4.72 Å². The van der Waals surface area contributed by atoms with E-state index in [1.165, 1.54) is 17.7 Å². The van der Waals surface area contributed by atoms with Crippen LogP contribution in [0.3, 0.4) is 0 Å². The van der Waals surface area contributed by atoms with E-state index in [1.54, 1.807) is 18.2 Å². The minimum Gasteiger partial charge on any atom is -0.461 e. The summed E-state index contributed by atoms with van der Waals surface area (Å²) in [4.78, 5) is -0.0467. The molecule has 1 unspecified atom stereocenters. The van der Waals surface area contributed by atoms with Crippen molar-refractivity contribution in [3.63, 3.8) is 0 Å². The first kappa shape index (κ1) is 17.7. The minimum atomic E-state index is -3.85. The topological polar surface area (TPSA) is 59.3 Å². The number of hydrogen-bond acceptors (Lipinski definition) is 3. The molecule has 1 aliphatic rings. The molecule has 1 aliphatic carbocycles. The van der Waals surface area contributed by atoms with Gasteiger partial charge >= 0.3 is 0 Å². The van der Waals surface area contributed by atoms with E-state index < -0.39 is 10.0 Å². The smallest absolute Gasteiger partial charge is 0.263 e. The third-order valence-electron chi connectivity index (χ3n) is 4.73. The van der Waals surface area contributed by atoms with Crippen LogP contribution in [0.15, 0.2) is 45.7 Å². The fraction of sp³-hybridized carbons (Fsp3) is 0.263. The van der Waals surface area contributed by atoms with Crippen molar-refractivity contribution in [3.8, 4) is 0 Å². The Hall–Kier alpha value is -1.69. The van der Waals surface area contributed by atoms with Crippen molar-refractivity contribution < 1.29 is 12.8 Å². The number of nitrogens with one attached hydrogen (secondary N) is 1. The molecule has 1 atom stereocenters. The van der Waals surface area contributed by atoms with Gasteiger partial charge in [-0.05, 0) is 55.2 Å². The Bertz CT molecular complexity index is 1110. The lowest BCUT2D eigenvalue weighted by atomic mass is 9.88. The van der Waals surface area contributed by atoms with Crippen LogP contribution in [-0.2, 0) is 22.9 Å². The predicted molar refractivity (Wildman–Crippen MR) is 105 cm³/mol. The second-order valence-electron chi connectivity index (χ2n) is 6.74. The van der Waals surface area contributed by atoms with Gasteiger partial charge in [0, 0.05) is 28.1 Å². The molecule has 4 nitrogen and oxygen atoms in total. The second-order valence-corrected chi connectivity index (χ2v) is 9.24. The second kappa shape index (κ2) is 6.48. The summed E-state index contributed by atoms with van der Waals surface area (Å²) in [5.41, 5.74) is 2.43. The third kappa shape index (κ3) is 3.20. The molecule has 0 bridgehead atoms. The Balaban J connectivity index is 1.73. The Morgan fingerprint density at radius 2 is 1.96 bits per heavy atom. The Kier molecular flexibility index (Phi) is 4.41. The molecule has 0 fully saturated rings. The molecule has 136 valence electrons. The molecule has 0 saturated carbocycles. The number of fused-ring (bicyclic) bond motifs is 3. The lowest BCUT2D eigenvalue weighted by Crippen LogP contribution is -2.13. The Labute approximate surface area is 162 Å². The number of halogens is 2. The lowest BCUT2D eigenvalue weighted by molar-refractivity contribution is 0.438. The van der Waals surface area contributed by atoms with Gasteiger partial charge in [0.2, 0.25) is 0 Å². The van der Waals surface area contributed by atoms with Gasteiger partial charge in [-0.2, -0.15) is 0 Å². The molecule has 3 aromatic rings. The molecular weight excluding hydrogens is 393 g/mol. The van der Waals surface area contributed by atoms with Crippen LogP contribution in [0.5, 0.6) is 0 Å². The first-order valence-electron chi connectivity index (χ1n) is 8.35. The zero-order chi connectivity index (χ0) is 18.5. The summed E-state index contributed by atoms with van der Waals surface area (Å²) in [6.45, 7) is 2.22. The van der Waals surface area contributed by atoms with Crippen molar-refractivity contribution in [2.45, 2.75) is 31.1 Å². The maximum Gasteiger partial charge on any atom is 0.263 e. The predicted octanol–water partition coefficient (Wildman–Crippen LogP) is 5.67. The number of anilines is 1. The maximum absolute atomic E-state index is 12.7. The summed E-state index contributed by atoms with van der Waals surface area (Å²) in [6.07, 6.45) is 2.97. The SMILES string of the molecule is CC1CCc2oc3ccc(NS(=O)(=O)c4cc(Cl)ccc4Cl)cc3c2C1. The van der Waals surface area contributed by atoms with Gasteiger partial charge in [0.05, 0.1) is 5.02 Å². The average Bonchev–Trinajstić information content (AvgIpc) is 2.94. The van der Waals surface area contributed by atoms with E-state index in [1.807, 2.05) is 6.07 Å². The quantitative estimate of drug-likeness (QED) is 0.606. The Morgan fingerprint density at radius 1 is 1.15 bits per heavy atom. The van der Waals surface area contributed by atoms with Gasteiger partial charge in [-0.1, -0.05) is 30.1 Å². The molecule has 0 radical (unpaired) electrons. The molecule has 0 aliphatic heterocycles. The summed E-state index contributed by atoms with van der Waals surface area (Å²) >= 11 is 12.0. The van der Waals surface area contributed by atoms with Crippen molar-refractivity contribution in [2.24, 2.45) is 5.92 Å². The number of benzene rings is 2. The third-order valence-corrected chi connectivity index (χ3v) is 6.82. The molecule has 2 aromatic carbocycles. The number of sulfonamides is 1. The number of aryl methyl sites for hydroxylation is 1. The highest BCUT2D eigenvalue weighted by Crippen LogP contribution is 2.36. The fourth-order valence-electron chi connectivity index (χ4n) is 3.41. The largest absolute Gasteiger partial charge is 0.461 e. The van der Waals surface area contributed by atoms with E-state index in [2.05, 4.69) is 11.6 Å². The summed E-state index contributed by atoms with van der Waals surface area (Å²) < 4.78 is 33.9. The summed E-state index contributed by atoms with van der Waals surface area (Å²) in [5, 5.41) is 1.39. The molecule has 0 saturated heterocycles. The van der Waals surface area contributed by atoms with Crippen LogP contribution in [0, 0.1) is 5.92 Å². The van der Waals surface area contributed by atoms with Gasteiger partial charge in [-0.25, -0.2) is 8.42 Å². The van der Waals surface area contributed by atoms with Gasteiger partial charge in [0.15, 0.2) is 0 Å². The van der Waals surface area contributed by atoms with Crippen molar-refractivity contribution in [3.05, 3.63) is 57.8 Å². The van der Waals surface area contributed by atoms with Crippen LogP contribution in [0.4, 0.5) is 5.69 Å². The standard InChI is InChI=1S/C19H17Cl2NO3S/c1-11-2-6-17-14(8-11)15-10-13(4-7-18(15)25-17)22-26(23,24)19-9-12(20)3-5-16(19)21/h3-5,7,9-11,22H,2,6,8H2,1H3. The molecule has 4 rings (SSSR count). The molecule has 1 heterocycles. The molecular formula is C19H17Cl2NO3S. The van der Waals surface area contributed by atoms with Crippen LogP contribution >= 0.6 is 23.2 Å². The van der Waals surface area contributed by atoms with Crippen LogP contribution in [0.2, 0.25) is 10.0 Å². The van der Waals surface area contributed by atoms with E-state index in [0.717, 1.165) is 36.0 Å². The summed E-state index contributed by atoms with van der Waals surface area (Å²) in [6, 6.07) is 9.67. The molecule has 1 aromatic heterocycles. The van der Waals surface area contributed by atoms with E-state index in [9.17, 15) is 8.42 Å². The maximum atomic E-state index is 12.7. The normalized spacial score (nSPS) is 17.3. The van der Waals surface area contributed by atoms with E-state index >= 15 is 0 Å². The fourth-order valence-corrected chi connectivity index (χ4v) is 5.22. The van der Waals surface area contributed by atoms with E-state index in [0.29, 0.717) is 16.6 Å². The van der Waals surface area contributed by atoms with Crippen molar-refractivity contribution in [1.82, 2.24) is 0 Å². The first-order chi connectivity index (χ1) is 12.3. The lowest BCUT2D eigenvalue weighted by Gasteiger charge is -2.16. The molecule has 26 heavy (non-hydrogen) atoms. The average molecular weight is 410 g/mol. The van der Waals surface area contributed by atoms with Gasteiger partial charge in [0.25, 0.3) is 10.0 Å². The van der Waals surface area contributed by atoms with Crippen LogP contribution in [-0.4, -0.2) is 8.42 Å². The summed E-state index contributed by atoms with van der Waals surface area (Å²) in [7, 11) is -3.85. The zero-order valence-corrected chi connectivity index (χ0v) is 16.4. The van der Waals surface area contributed by atoms with Crippen LogP contribution in [0.25, 0.3) is 11.0 Å². The van der Waals surface area contributed by atoms with Gasteiger partial charge in [-0.15, -0.1) is 0 Å². The Morgan fingerprint density at radius 3 is 2.77 bits per heavy atom. The molecule has 0 spiro atoms. The van der Waals surface area contributed by atoms with Gasteiger partial charge in [0.1, 0.15) is 16.2 Å².